The lowest BCUT2D eigenvalue weighted by atomic mass is 9.87. The lowest BCUT2D eigenvalue weighted by Crippen LogP contribution is -2.15. The van der Waals surface area contributed by atoms with Gasteiger partial charge in [0.25, 0.3) is 5.91 Å². The first-order chi connectivity index (χ1) is 14.2. The molecule has 3 nitrogen and oxygen atoms in total. The molecule has 4 rings (SSSR count). The van der Waals surface area contributed by atoms with Crippen LogP contribution >= 0.6 is 11.3 Å². The number of benzene rings is 2. The van der Waals surface area contributed by atoms with Gasteiger partial charge in [0.05, 0.1) is 11.1 Å². The summed E-state index contributed by atoms with van der Waals surface area (Å²) in [4.78, 5) is 25.3. The number of aryl methyl sites for hydroxylation is 3. The number of carbonyl (C=O) groups excluding carboxylic acids is 2. The first-order valence-corrected chi connectivity index (χ1v) is 9.89. The van der Waals surface area contributed by atoms with E-state index in [-0.39, 0.29) is 10.6 Å². The van der Waals surface area contributed by atoms with Crippen LogP contribution in [0.4, 0.5) is 22.6 Å². The monoisotopic (exact) mass is 433 g/mol. The second-order valence-electron chi connectivity index (χ2n) is 7.07. The van der Waals surface area contributed by atoms with Crippen LogP contribution in [-0.2, 0) is 19.0 Å². The van der Waals surface area contributed by atoms with Crippen molar-refractivity contribution < 1.29 is 27.2 Å². The maximum absolute atomic E-state index is 13.5. The van der Waals surface area contributed by atoms with Crippen molar-refractivity contribution in [2.24, 2.45) is 0 Å². The van der Waals surface area contributed by atoms with Crippen LogP contribution in [0.2, 0.25) is 0 Å². The number of anilines is 1. The van der Waals surface area contributed by atoms with Gasteiger partial charge in [0, 0.05) is 16.0 Å². The molecule has 0 bridgehead atoms. The fourth-order valence-electron chi connectivity index (χ4n) is 3.65. The molecule has 1 aromatic heterocycles. The second-order valence-corrected chi connectivity index (χ2v) is 8.17. The molecule has 1 aliphatic carbocycles. The zero-order valence-electron chi connectivity index (χ0n) is 15.7. The Kier molecular flexibility index (Phi) is 4.97. The average molecular weight is 433 g/mol. The Morgan fingerprint density at radius 2 is 1.90 bits per heavy atom. The zero-order chi connectivity index (χ0) is 21.6. The number of nitrogens with one attached hydrogen (secondary N) is 1. The Balaban J connectivity index is 1.71. The Morgan fingerprint density at radius 3 is 2.60 bits per heavy atom. The summed E-state index contributed by atoms with van der Waals surface area (Å²) in [5.41, 5.74) is 2.32. The highest BCUT2D eigenvalue weighted by Crippen LogP contribution is 2.44. The molecule has 1 N–H and O–H groups in total. The molecule has 0 aliphatic heterocycles. The normalized spacial score (nSPS) is 12.8. The Labute approximate surface area is 173 Å². The molecule has 0 saturated heterocycles. The van der Waals surface area contributed by atoms with E-state index in [0.717, 1.165) is 39.6 Å². The van der Waals surface area contributed by atoms with Crippen molar-refractivity contribution >= 4 is 28.5 Å². The van der Waals surface area contributed by atoms with Gasteiger partial charge in [-0.15, -0.1) is 11.3 Å². The number of halogens is 4. The van der Waals surface area contributed by atoms with Crippen molar-refractivity contribution in [3.8, 4) is 11.1 Å². The van der Waals surface area contributed by atoms with Crippen LogP contribution < -0.4 is 5.32 Å². The van der Waals surface area contributed by atoms with E-state index in [1.54, 1.807) is 0 Å². The number of rotatable bonds is 3. The van der Waals surface area contributed by atoms with Crippen molar-refractivity contribution in [3.63, 3.8) is 0 Å². The van der Waals surface area contributed by atoms with Crippen LogP contribution in [0, 0.1) is 12.7 Å². The van der Waals surface area contributed by atoms with Gasteiger partial charge in [-0.05, 0) is 49.1 Å². The molecule has 154 valence electrons. The summed E-state index contributed by atoms with van der Waals surface area (Å²) in [6.07, 6.45) is -2.78. The standard InChI is InChI=1S/C22H15F4NO2S/c1-11-2-5-14-12(8-11)4-7-18-19(14)15(10-28)21(30-18)27-20(29)13-3-6-17(23)16(9-13)22(24,25)26/h2-3,5-6,8-10H,4,7H2,1H3,(H,27,29). The van der Waals surface area contributed by atoms with Crippen molar-refractivity contribution in [1.82, 2.24) is 0 Å². The van der Waals surface area contributed by atoms with Gasteiger partial charge in [0.1, 0.15) is 10.8 Å². The van der Waals surface area contributed by atoms with E-state index in [1.807, 2.05) is 19.1 Å². The van der Waals surface area contributed by atoms with E-state index < -0.39 is 23.5 Å². The van der Waals surface area contributed by atoms with Crippen LogP contribution in [0.1, 0.15) is 42.3 Å². The van der Waals surface area contributed by atoms with Gasteiger partial charge < -0.3 is 5.32 Å². The van der Waals surface area contributed by atoms with Crippen molar-refractivity contribution in [3.05, 3.63) is 74.9 Å². The van der Waals surface area contributed by atoms with E-state index in [2.05, 4.69) is 11.4 Å². The molecule has 30 heavy (non-hydrogen) atoms. The maximum Gasteiger partial charge on any atom is 0.419 e. The van der Waals surface area contributed by atoms with Crippen LogP contribution in [0.5, 0.6) is 0 Å². The fourth-order valence-corrected chi connectivity index (χ4v) is 4.83. The summed E-state index contributed by atoms with van der Waals surface area (Å²) in [5, 5.41) is 2.80. The van der Waals surface area contributed by atoms with Crippen molar-refractivity contribution in [1.29, 1.82) is 0 Å². The van der Waals surface area contributed by atoms with E-state index in [4.69, 9.17) is 0 Å². The quantitative estimate of drug-likeness (QED) is 0.404. The number of alkyl halides is 3. The minimum atomic E-state index is -4.92. The van der Waals surface area contributed by atoms with E-state index in [1.165, 1.54) is 11.3 Å². The molecule has 0 fully saturated rings. The van der Waals surface area contributed by atoms with E-state index in [0.29, 0.717) is 30.4 Å². The number of carbonyl (C=O) groups is 2. The van der Waals surface area contributed by atoms with Crippen LogP contribution in [0.15, 0.2) is 36.4 Å². The summed E-state index contributed by atoms with van der Waals surface area (Å²) < 4.78 is 52.3. The molecule has 3 aromatic rings. The molecule has 8 heteroatoms. The maximum atomic E-state index is 13.5. The van der Waals surface area contributed by atoms with Crippen LogP contribution in [0.25, 0.3) is 11.1 Å². The fraction of sp³-hybridized carbons (Fsp3) is 0.182. The average Bonchev–Trinajstić information content (AvgIpc) is 3.04. The number of hydrogen-bond acceptors (Lipinski definition) is 3. The molecule has 1 amide bonds. The molecular formula is C22H15F4NO2S. The zero-order valence-corrected chi connectivity index (χ0v) is 16.5. The molecule has 0 radical (unpaired) electrons. The van der Waals surface area contributed by atoms with Gasteiger partial charge in [-0.2, -0.15) is 13.2 Å². The largest absolute Gasteiger partial charge is 0.419 e. The van der Waals surface area contributed by atoms with Gasteiger partial charge in [0.15, 0.2) is 6.29 Å². The number of amides is 1. The molecule has 2 aromatic carbocycles. The van der Waals surface area contributed by atoms with E-state index in [9.17, 15) is 27.2 Å². The first-order valence-electron chi connectivity index (χ1n) is 9.08. The number of thiophene rings is 1. The van der Waals surface area contributed by atoms with Gasteiger partial charge in [0.2, 0.25) is 0 Å². The van der Waals surface area contributed by atoms with E-state index >= 15 is 0 Å². The van der Waals surface area contributed by atoms with Crippen LogP contribution in [-0.4, -0.2) is 12.2 Å². The highest BCUT2D eigenvalue weighted by atomic mass is 32.1. The smallest absolute Gasteiger partial charge is 0.313 e. The molecule has 0 spiro atoms. The predicted molar refractivity (Wildman–Crippen MR) is 107 cm³/mol. The summed E-state index contributed by atoms with van der Waals surface area (Å²) >= 11 is 1.23. The van der Waals surface area contributed by atoms with Gasteiger partial charge >= 0.3 is 6.18 Å². The summed E-state index contributed by atoms with van der Waals surface area (Å²) in [7, 11) is 0. The molecule has 0 unspecified atom stereocenters. The minimum Gasteiger partial charge on any atom is -0.313 e. The molecular weight excluding hydrogens is 418 g/mol. The second kappa shape index (κ2) is 7.36. The van der Waals surface area contributed by atoms with Crippen LogP contribution in [0.3, 0.4) is 0 Å². The number of fused-ring (bicyclic) bond motifs is 3. The molecule has 0 saturated carbocycles. The third-order valence-electron chi connectivity index (χ3n) is 5.05. The van der Waals surface area contributed by atoms with Gasteiger partial charge in [-0.3, -0.25) is 9.59 Å². The number of hydrogen-bond donors (Lipinski definition) is 1. The van der Waals surface area contributed by atoms with Crippen molar-refractivity contribution in [2.45, 2.75) is 25.9 Å². The Bertz CT molecular complexity index is 1180. The highest BCUT2D eigenvalue weighted by molar-refractivity contribution is 7.17. The topological polar surface area (TPSA) is 46.2 Å². The molecule has 1 aliphatic rings. The summed E-state index contributed by atoms with van der Waals surface area (Å²) in [6, 6.07) is 7.98. The first kappa shape index (κ1) is 20.3. The lowest BCUT2D eigenvalue weighted by molar-refractivity contribution is -0.140. The van der Waals surface area contributed by atoms with Gasteiger partial charge in [-0.1, -0.05) is 23.8 Å². The SMILES string of the molecule is Cc1ccc2c(c1)CCc1sc(NC(=O)c3ccc(F)c(C(F)(F)F)c3)c(C=O)c1-2. The lowest BCUT2D eigenvalue weighted by Gasteiger charge is -2.17. The number of aldehydes is 1. The molecule has 1 heterocycles. The molecule has 0 atom stereocenters. The Morgan fingerprint density at radius 1 is 1.13 bits per heavy atom. The summed E-state index contributed by atoms with van der Waals surface area (Å²) in [6.45, 7) is 1.98. The Hall–Kier alpha value is -3.00. The minimum absolute atomic E-state index is 0.270. The third kappa shape index (κ3) is 3.52. The van der Waals surface area contributed by atoms with Crippen molar-refractivity contribution in [2.75, 3.05) is 5.32 Å². The predicted octanol–water partition coefficient (Wildman–Crippen LogP) is 6.04. The van der Waals surface area contributed by atoms with Gasteiger partial charge in [-0.25, -0.2) is 4.39 Å². The highest BCUT2D eigenvalue weighted by Gasteiger charge is 2.35. The summed E-state index contributed by atoms with van der Waals surface area (Å²) in [5.74, 6) is -2.29. The third-order valence-corrected chi connectivity index (χ3v) is 6.23.